The van der Waals surface area contributed by atoms with E-state index in [-0.39, 0.29) is 11.8 Å². The minimum Gasteiger partial charge on any atom is -0.398 e. The van der Waals surface area contributed by atoms with E-state index in [1.54, 1.807) is 6.07 Å². The largest absolute Gasteiger partial charge is 0.398 e. The Morgan fingerprint density at radius 1 is 1.56 bits per heavy atom. The first-order valence-corrected chi connectivity index (χ1v) is 5.99. The molecule has 3 N–H and O–H groups in total. The molecular weight excluding hydrogens is 234 g/mol. The van der Waals surface area contributed by atoms with E-state index in [1.807, 2.05) is 0 Å². The summed E-state index contributed by atoms with van der Waals surface area (Å²) in [5.41, 5.74) is 7.19. The highest BCUT2D eigenvalue weighted by Crippen LogP contribution is 2.22. The number of β-amino-alcohol motifs (C(OH)–C–C–N with tert-alkyl or cyclic N) is 1. The third-order valence-electron chi connectivity index (χ3n) is 3.21. The van der Waals surface area contributed by atoms with Gasteiger partial charge in [-0.05, 0) is 31.0 Å². The van der Waals surface area contributed by atoms with Crippen LogP contribution in [0.1, 0.15) is 18.4 Å². The zero-order valence-corrected chi connectivity index (χ0v) is 10.1. The predicted octanol–water partition coefficient (Wildman–Crippen LogP) is 1.13. The molecular formula is C12H17N3O3. The Balaban J connectivity index is 2.12. The first-order chi connectivity index (χ1) is 8.56. The summed E-state index contributed by atoms with van der Waals surface area (Å²) in [7, 11) is 0. The van der Waals surface area contributed by atoms with Crippen LogP contribution in [0.15, 0.2) is 18.2 Å². The van der Waals surface area contributed by atoms with Crippen LogP contribution in [0, 0.1) is 10.1 Å². The molecule has 1 aromatic rings. The number of aliphatic hydroxyl groups excluding tert-OH is 1. The van der Waals surface area contributed by atoms with E-state index in [9.17, 15) is 15.2 Å². The smallest absolute Gasteiger partial charge is 0.269 e. The van der Waals surface area contributed by atoms with E-state index in [0.717, 1.165) is 24.9 Å². The van der Waals surface area contributed by atoms with Crippen molar-refractivity contribution in [3.63, 3.8) is 0 Å². The average molecular weight is 251 g/mol. The molecule has 18 heavy (non-hydrogen) atoms. The number of nitrogens with zero attached hydrogens (tertiary/aromatic N) is 2. The summed E-state index contributed by atoms with van der Waals surface area (Å²) in [5.74, 6) is 0. The normalized spacial score (nSPS) is 20.8. The molecule has 98 valence electrons. The molecule has 0 bridgehead atoms. The monoisotopic (exact) mass is 251 g/mol. The van der Waals surface area contributed by atoms with Crippen molar-refractivity contribution in [1.82, 2.24) is 4.90 Å². The van der Waals surface area contributed by atoms with Crippen LogP contribution >= 0.6 is 0 Å². The molecule has 1 aliphatic rings. The Labute approximate surface area is 105 Å². The van der Waals surface area contributed by atoms with Gasteiger partial charge >= 0.3 is 0 Å². The molecule has 6 nitrogen and oxygen atoms in total. The molecule has 0 aromatic heterocycles. The molecule has 2 rings (SSSR count). The summed E-state index contributed by atoms with van der Waals surface area (Å²) < 4.78 is 0. The number of nitro groups is 1. The van der Waals surface area contributed by atoms with Crippen LogP contribution in [0.25, 0.3) is 0 Å². The lowest BCUT2D eigenvalue weighted by Gasteiger charge is -2.30. The molecule has 0 aliphatic carbocycles. The van der Waals surface area contributed by atoms with E-state index in [1.165, 1.54) is 12.1 Å². The molecule has 0 saturated carbocycles. The van der Waals surface area contributed by atoms with Gasteiger partial charge in [-0.1, -0.05) is 0 Å². The first kappa shape index (κ1) is 12.8. The topological polar surface area (TPSA) is 92.6 Å². The zero-order valence-electron chi connectivity index (χ0n) is 10.1. The van der Waals surface area contributed by atoms with Crippen LogP contribution in [0.3, 0.4) is 0 Å². The van der Waals surface area contributed by atoms with E-state index in [2.05, 4.69) is 4.90 Å². The number of non-ortho nitro benzene ring substituents is 1. The number of hydrogen-bond donors (Lipinski definition) is 2. The molecule has 1 fully saturated rings. The van der Waals surface area contributed by atoms with Gasteiger partial charge in [0, 0.05) is 30.9 Å². The fourth-order valence-corrected chi connectivity index (χ4v) is 2.26. The van der Waals surface area contributed by atoms with Crippen LogP contribution in [0.2, 0.25) is 0 Å². The quantitative estimate of drug-likeness (QED) is 0.477. The molecule has 1 saturated heterocycles. The van der Waals surface area contributed by atoms with Crippen LogP contribution in [0.4, 0.5) is 11.4 Å². The van der Waals surface area contributed by atoms with Crippen LogP contribution in [-0.2, 0) is 6.54 Å². The fourth-order valence-electron chi connectivity index (χ4n) is 2.26. The summed E-state index contributed by atoms with van der Waals surface area (Å²) in [6.45, 7) is 2.03. The minimum atomic E-state index is -0.423. The molecule has 1 unspecified atom stereocenters. The number of nitrogen functional groups attached to an aromatic ring is 1. The summed E-state index contributed by atoms with van der Waals surface area (Å²) in [5, 5.41) is 20.3. The summed E-state index contributed by atoms with van der Waals surface area (Å²) in [6, 6.07) is 4.48. The van der Waals surface area contributed by atoms with Crippen LogP contribution in [0.5, 0.6) is 0 Å². The third kappa shape index (κ3) is 2.96. The number of likely N-dealkylation sites (tertiary alicyclic amines) is 1. The maximum Gasteiger partial charge on any atom is 0.269 e. The van der Waals surface area contributed by atoms with E-state index in [0.29, 0.717) is 18.8 Å². The van der Waals surface area contributed by atoms with E-state index >= 15 is 0 Å². The lowest BCUT2D eigenvalue weighted by atomic mass is 10.1. The second-order valence-corrected chi connectivity index (χ2v) is 4.67. The zero-order chi connectivity index (χ0) is 13.1. The summed E-state index contributed by atoms with van der Waals surface area (Å²) in [4.78, 5) is 12.4. The Bertz CT molecular complexity index is 450. The second kappa shape index (κ2) is 5.32. The Hall–Kier alpha value is -1.66. The number of nitro benzene ring substituents is 1. The van der Waals surface area contributed by atoms with Crippen molar-refractivity contribution in [2.75, 3.05) is 18.8 Å². The van der Waals surface area contributed by atoms with Gasteiger partial charge in [-0.25, -0.2) is 0 Å². The Morgan fingerprint density at radius 3 is 3.00 bits per heavy atom. The Kier molecular flexibility index (Phi) is 3.78. The van der Waals surface area contributed by atoms with Crippen LogP contribution < -0.4 is 5.73 Å². The fraction of sp³-hybridized carbons (Fsp3) is 0.500. The van der Waals surface area contributed by atoms with Crippen molar-refractivity contribution in [2.45, 2.75) is 25.5 Å². The lowest BCUT2D eigenvalue weighted by molar-refractivity contribution is -0.384. The number of hydrogen-bond acceptors (Lipinski definition) is 5. The molecule has 1 aliphatic heterocycles. The molecule has 0 spiro atoms. The maximum atomic E-state index is 10.7. The number of nitrogens with two attached hydrogens (primary N) is 1. The van der Waals surface area contributed by atoms with Gasteiger partial charge in [0.2, 0.25) is 0 Å². The highest BCUT2D eigenvalue weighted by molar-refractivity contribution is 5.52. The maximum absolute atomic E-state index is 10.7. The van der Waals surface area contributed by atoms with Crippen molar-refractivity contribution in [2.24, 2.45) is 0 Å². The minimum absolute atomic E-state index is 0.0526. The number of benzene rings is 1. The van der Waals surface area contributed by atoms with Crippen molar-refractivity contribution in [3.8, 4) is 0 Å². The van der Waals surface area contributed by atoms with Gasteiger partial charge in [0.05, 0.1) is 11.0 Å². The summed E-state index contributed by atoms with van der Waals surface area (Å²) in [6.07, 6.45) is 1.45. The van der Waals surface area contributed by atoms with Gasteiger partial charge in [0.25, 0.3) is 5.69 Å². The van der Waals surface area contributed by atoms with E-state index < -0.39 is 4.92 Å². The Morgan fingerprint density at radius 2 is 2.33 bits per heavy atom. The van der Waals surface area contributed by atoms with Gasteiger partial charge in [0.1, 0.15) is 0 Å². The first-order valence-electron chi connectivity index (χ1n) is 5.99. The van der Waals surface area contributed by atoms with Gasteiger partial charge in [-0.3, -0.25) is 15.0 Å². The third-order valence-corrected chi connectivity index (χ3v) is 3.21. The highest BCUT2D eigenvalue weighted by Gasteiger charge is 2.19. The molecule has 6 heteroatoms. The van der Waals surface area contributed by atoms with Crippen LogP contribution in [-0.4, -0.2) is 34.1 Å². The van der Waals surface area contributed by atoms with Crippen molar-refractivity contribution in [3.05, 3.63) is 33.9 Å². The molecule has 1 heterocycles. The van der Waals surface area contributed by atoms with Gasteiger partial charge < -0.3 is 10.8 Å². The van der Waals surface area contributed by atoms with Crippen molar-refractivity contribution in [1.29, 1.82) is 0 Å². The van der Waals surface area contributed by atoms with E-state index in [4.69, 9.17) is 5.73 Å². The standard InChI is InChI=1S/C12H17N3O3/c13-12-4-3-10(15(17)18)6-9(12)7-14-5-1-2-11(16)8-14/h3-4,6,11,16H,1-2,5,7-8,13H2. The van der Waals surface area contributed by atoms with Gasteiger partial charge in [0.15, 0.2) is 0 Å². The number of aliphatic hydroxyl groups is 1. The molecule has 0 radical (unpaired) electrons. The van der Waals surface area contributed by atoms with Gasteiger partial charge in [-0.15, -0.1) is 0 Å². The molecule has 1 atom stereocenters. The summed E-state index contributed by atoms with van der Waals surface area (Å²) >= 11 is 0. The lowest BCUT2D eigenvalue weighted by Crippen LogP contribution is -2.37. The number of rotatable bonds is 3. The average Bonchev–Trinajstić information content (AvgIpc) is 2.31. The molecule has 1 aromatic carbocycles. The van der Waals surface area contributed by atoms with Crippen molar-refractivity contribution >= 4 is 11.4 Å². The SMILES string of the molecule is Nc1ccc([N+](=O)[O-])cc1CN1CCCC(O)C1. The predicted molar refractivity (Wildman–Crippen MR) is 68.0 cm³/mol. The number of piperidine rings is 1. The van der Waals surface area contributed by atoms with Gasteiger partial charge in [-0.2, -0.15) is 0 Å². The second-order valence-electron chi connectivity index (χ2n) is 4.67. The van der Waals surface area contributed by atoms with Crippen molar-refractivity contribution < 1.29 is 10.0 Å². The molecule has 0 amide bonds. The number of anilines is 1. The highest BCUT2D eigenvalue weighted by atomic mass is 16.6.